The Morgan fingerprint density at radius 1 is 0.810 bits per heavy atom. The Balaban J connectivity index is 1.79. The zero-order valence-electron chi connectivity index (χ0n) is 35.8. The first-order valence-corrected chi connectivity index (χ1v) is 23.5. The number of carbonyl (C=O) groups is 1. The number of hydrogen-bond acceptors (Lipinski definition) is 6. The van der Waals surface area contributed by atoms with Crippen LogP contribution >= 0.6 is 58.2 Å². The molecule has 2 atom stereocenters. The van der Waals surface area contributed by atoms with Crippen LogP contribution in [0.5, 0.6) is 5.75 Å². The van der Waals surface area contributed by atoms with Crippen molar-refractivity contribution < 1.29 is 9.53 Å². The number of unbranched alkanes of at least 4 members (excludes halogenated alkanes) is 7. The third kappa shape index (κ3) is 14.6. The lowest BCUT2D eigenvalue weighted by molar-refractivity contribution is -0.113. The molecule has 6 nitrogen and oxygen atoms in total. The number of azo groups is 1. The van der Waals surface area contributed by atoms with E-state index in [9.17, 15) is 4.79 Å². The van der Waals surface area contributed by atoms with Crippen LogP contribution in [0.3, 0.4) is 0 Å². The minimum absolute atomic E-state index is 0.0882. The van der Waals surface area contributed by atoms with E-state index in [1.54, 1.807) is 12.1 Å². The van der Waals surface area contributed by atoms with Gasteiger partial charge in [0.05, 0.1) is 27.2 Å². The van der Waals surface area contributed by atoms with Crippen LogP contribution in [-0.2, 0) is 10.2 Å². The summed E-state index contributed by atoms with van der Waals surface area (Å²) in [5, 5.41) is 13.6. The number of carbonyl (C=O) groups excluding carboxylic acids is 1. The molecule has 0 saturated heterocycles. The lowest BCUT2D eigenvalue weighted by atomic mass is 9.72. The Morgan fingerprint density at radius 3 is 2.14 bits per heavy atom. The number of amides is 1. The van der Waals surface area contributed by atoms with E-state index >= 15 is 0 Å². The Hall–Kier alpha value is -2.42. The second kappa shape index (κ2) is 23.0. The molecule has 1 amide bonds. The zero-order chi connectivity index (χ0) is 42.5. The van der Waals surface area contributed by atoms with E-state index in [1.165, 1.54) is 50.3 Å². The molecule has 318 valence electrons. The molecule has 0 saturated carbocycles. The van der Waals surface area contributed by atoms with E-state index in [1.807, 2.05) is 29.2 Å². The smallest absolute Gasteiger partial charge is 0.306 e. The average Bonchev–Trinajstić information content (AvgIpc) is 3.49. The minimum Gasteiger partial charge on any atom is -0.492 e. The van der Waals surface area contributed by atoms with Crippen molar-refractivity contribution in [3.05, 3.63) is 86.0 Å². The molecule has 0 aromatic heterocycles. The van der Waals surface area contributed by atoms with Crippen molar-refractivity contribution in [3.8, 4) is 5.75 Å². The second-order valence-electron chi connectivity index (χ2n) is 17.5. The van der Waals surface area contributed by atoms with Crippen molar-refractivity contribution in [1.29, 1.82) is 0 Å². The lowest BCUT2D eigenvalue weighted by Gasteiger charge is -2.33. The molecule has 0 radical (unpaired) electrons. The molecule has 1 heterocycles. The molecule has 0 spiro atoms. The normalized spacial score (nSPS) is 14.3. The van der Waals surface area contributed by atoms with Crippen LogP contribution in [0.1, 0.15) is 144 Å². The summed E-state index contributed by atoms with van der Waals surface area (Å²) >= 11 is 28.2. The third-order valence-corrected chi connectivity index (χ3v) is 12.4. The summed E-state index contributed by atoms with van der Waals surface area (Å²) in [6, 6.07) is 17.9. The molecule has 58 heavy (non-hydrogen) atoms. The second-order valence-corrected chi connectivity index (χ2v) is 20.5. The highest BCUT2D eigenvalue weighted by molar-refractivity contribution is 8.04. The maximum atomic E-state index is 13.8. The van der Waals surface area contributed by atoms with Crippen LogP contribution in [0.4, 0.5) is 17.1 Å². The van der Waals surface area contributed by atoms with E-state index in [2.05, 4.69) is 89.1 Å². The number of nitrogens with one attached hydrogen (secondary N) is 1. The van der Waals surface area contributed by atoms with Crippen LogP contribution in [-0.4, -0.2) is 23.9 Å². The Kier molecular flexibility index (Phi) is 19.1. The van der Waals surface area contributed by atoms with Gasteiger partial charge in [-0.1, -0.05) is 159 Å². The van der Waals surface area contributed by atoms with Gasteiger partial charge in [-0.05, 0) is 97.9 Å². The molecule has 0 fully saturated rings. The summed E-state index contributed by atoms with van der Waals surface area (Å²) in [4.78, 5) is 16.8. The first kappa shape index (κ1) is 48.2. The lowest BCUT2D eigenvalue weighted by Crippen LogP contribution is -2.24. The van der Waals surface area contributed by atoms with Crippen LogP contribution in [0.2, 0.25) is 15.1 Å². The Labute approximate surface area is 373 Å². The molecule has 3 aromatic rings. The third-order valence-electron chi connectivity index (χ3n) is 10.3. The van der Waals surface area contributed by atoms with E-state index in [-0.39, 0.29) is 22.2 Å². The Morgan fingerprint density at radius 2 is 1.48 bits per heavy atom. The quantitative estimate of drug-likeness (QED) is 0.0717. The number of benzene rings is 3. The van der Waals surface area contributed by atoms with Gasteiger partial charge in [-0.3, -0.25) is 9.69 Å². The van der Waals surface area contributed by atoms with Gasteiger partial charge in [-0.2, -0.15) is 0 Å². The van der Waals surface area contributed by atoms with Crippen molar-refractivity contribution in [3.63, 3.8) is 0 Å². The number of ether oxygens (including phenoxy) is 1. The Bertz CT molecular complexity index is 1850. The number of hydrogen-bond donors (Lipinski definition) is 1. The fraction of sp³-hybridized carbons (Fsp3) is 0.553. The van der Waals surface area contributed by atoms with Crippen LogP contribution in [0.15, 0.2) is 80.4 Å². The van der Waals surface area contributed by atoms with Crippen LogP contribution in [0, 0.1) is 5.41 Å². The number of rotatable bonds is 24. The van der Waals surface area contributed by atoms with Crippen molar-refractivity contribution in [1.82, 2.24) is 0 Å². The van der Waals surface area contributed by atoms with Crippen molar-refractivity contribution in [2.75, 3.05) is 16.8 Å². The molecule has 2 unspecified atom stereocenters. The van der Waals surface area contributed by atoms with Gasteiger partial charge in [0, 0.05) is 27.8 Å². The van der Waals surface area contributed by atoms with Gasteiger partial charge in [0.15, 0.2) is 5.82 Å². The molecule has 1 aliphatic heterocycles. The average molecular weight is 891 g/mol. The minimum atomic E-state index is -0.454. The fourth-order valence-electron chi connectivity index (χ4n) is 7.65. The summed E-state index contributed by atoms with van der Waals surface area (Å²) < 4.78 is 6.35. The number of thioether (sulfide) groups is 1. The van der Waals surface area contributed by atoms with Gasteiger partial charge in [-0.25, -0.2) is 0 Å². The zero-order valence-corrected chi connectivity index (χ0v) is 39.7. The summed E-state index contributed by atoms with van der Waals surface area (Å²) in [5.74, 6) is 0.566. The summed E-state index contributed by atoms with van der Waals surface area (Å²) in [5.41, 5.74) is 3.21. The standard InChI is InChI=1S/C47H64Cl4N4O2S/c1-9-11-13-14-15-16-17-19-35(24-22-32(3)48)52-36-20-18-21-37(30-36)55(42-38(50)28-34(49)29-39(42)51)44-43(45(56)54-53-44)58-41-27-33(47(7,8)31-46(4,5)6)23-25-40(41)57-26-12-10-2/h18,20-21,23,25,27-30,32,35,52H,9-17,19,22,24,26,31H2,1-8H3. The van der Waals surface area contributed by atoms with Gasteiger partial charge in [0.2, 0.25) is 0 Å². The molecule has 0 aliphatic carbocycles. The van der Waals surface area contributed by atoms with Crippen molar-refractivity contribution >= 4 is 81.1 Å². The largest absolute Gasteiger partial charge is 0.492 e. The van der Waals surface area contributed by atoms with Crippen LogP contribution in [0.25, 0.3) is 0 Å². The molecular weight excluding hydrogens is 826 g/mol. The first-order valence-electron chi connectivity index (χ1n) is 21.1. The monoisotopic (exact) mass is 888 g/mol. The molecule has 11 heteroatoms. The van der Waals surface area contributed by atoms with E-state index in [4.69, 9.17) is 51.1 Å². The fourth-order valence-corrected chi connectivity index (χ4v) is 9.75. The van der Waals surface area contributed by atoms with Crippen molar-refractivity contribution in [2.45, 2.75) is 161 Å². The maximum Gasteiger partial charge on any atom is 0.306 e. The molecule has 0 bridgehead atoms. The summed E-state index contributed by atoms with van der Waals surface area (Å²) in [6.45, 7) is 18.3. The SMILES string of the molecule is CCCCCCCCCC(CCC(C)Cl)Nc1cccc(N(C2=C(Sc3cc(C(C)(C)CC(C)(C)C)ccc3OCCCC)C(=O)N=N2)c2c(Cl)cc(Cl)cc2Cl)c1. The van der Waals surface area contributed by atoms with Crippen molar-refractivity contribution in [2.24, 2.45) is 15.6 Å². The highest BCUT2D eigenvalue weighted by atomic mass is 35.5. The topological polar surface area (TPSA) is 66.3 Å². The number of nitrogens with zero attached hydrogens (tertiary/aromatic N) is 3. The first-order chi connectivity index (χ1) is 27.5. The molecular formula is C47H64Cl4N4O2S. The highest BCUT2D eigenvalue weighted by Gasteiger charge is 2.34. The highest BCUT2D eigenvalue weighted by Crippen LogP contribution is 2.49. The summed E-state index contributed by atoms with van der Waals surface area (Å²) in [7, 11) is 0. The maximum absolute atomic E-state index is 13.8. The number of alkyl halides is 1. The number of anilines is 3. The molecule has 1 N–H and O–H groups in total. The van der Waals surface area contributed by atoms with E-state index in [0.717, 1.165) is 61.1 Å². The molecule has 1 aliphatic rings. The van der Waals surface area contributed by atoms with Gasteiger partial charge in [0.25, 0.3) is 0 Å². The van der Waals surface area contributed by atoms with Gasteiger partial charge in [0.1, 0.15) is 10.7 Å². The molecule has 4 rings (SSSR count). The predicted octanol–water partition coefficient (Wildman–Crippen LogP) is 17.0. The van der Waals surface area contributed by atoms with E-state index in [0.29, 0.717) is 49.5 Å². The predicted molar refractivity (Wildman–Crippen MR) is 251 cm³/mol. The molecule has 3 aromatic carbocycles. The van der Waals surface area contributed by atoms with Gasteiger partial charge >= 0.3 is 5.91 Å². The van der Waals surface area contributed by atoms with E-state index < -0.39 is 5.91 Å². The van der Waals surface area contributed by atoms with Crippen LogP contribution < -0.4 is 15.0 Å². The van der Waals surface area contributed by atoms with Gasteiger partial charge < -0.3 is 10.1 Å². The summed E-state index contributed by atoms with van der Waals surface area (Å²) in [6.07, 6.45) is 14.6. The number of halogens is 4. The van der Waals surface area contributed by atoms with Gasteiger partial charge in [-0.15, -0.1) is 21.8 Å².